The quantitative estimate of drug-likeness (QED) is 0.169. The SMILES string of the molecule is c1ccc(-c2cccc(-c3ccc4c(c3)nc(-c3cccc(-c5cc(-c6ccc7oc8ccccc8c7c6)nc(-c6ccccc6)n5)c3)c3sc5ccccc5c34)c2)cc1. The van der Waals surface area contributed by atoms with Gasteiger partial charge in [0.2, 0.25) is 0 Å². The van der Waals surface area contributed by atoms with Gasteiger partial charge in [0.15, 0.2) is 5.82 Å². The summed E-state index contributed by atoms with van der Waals surface area (Å²) in [5, 5.41) is 5.79. The van der Waals surface area contributed by atoms with E-state index in [4.69, 9.17) is 19.4 Å². The zero-order valence-electron chi connectivity index (χ0n) is 32.2. The van der Waals surface area contributed by atoms with Gasteiger partial charge in [0, 0.05) is 53.9 Å². The van der Waals surface area contributed by atoms with Crippen molar-refractivity contribution in [3.63, 3.8) is 0 Å². The molecule has 5 heteroatoms. The van der Waals surface area contributed by atoms with Crippen LogP contribution in [0, 0.1) is 0 Å². The normalized spacial score (nSPS) is 11.7. The molecule has 0 aliphatic rings. The molecule has 4 aromatic heterocycles. The van der Waals surface area contributed by atoms with Crippen molar-refractivity contribution in [3.8, 4) is 67.4 Å². The Kier molecular flexibility index (Phi) is 8.00. The van der Waals surface area contributed by atoms with Gasteiger partial charge in [-0.1, -0.05) is 146 Å². The van der Waals surface area contributed by atoms with Crippen LogP contribution in [-0.4, -0.2) is 15.0 Å². The summed E-state index contributed by atoms with van der Waals surface area (Å²) in [7, 11) is 0. The van der Waals surface area contributed by atoms with Crippen LogP contribution in [0.15, 0.2) is 205 Å². The number of thiophene rings is 1. The van der Waals surface area contributed by atoms with E-state index in [1.807, 2.05) is 42.5 Å². The van der Waals surface area contributed by atoms with Crippen molar-refractivity contribution in [1.82, 2.24) is 15.0 Å². The van der Waals surface area contributed by atoms with E-state index in [1.165, 1.54) is 31.3 Å². The number of pyridine rings is 1. The molecule has 0 fully saturated rings. The summed E-state index contributed by atoms with van der Waals surface area (Å²) in [5.74, 6) is 0.672. The first-order valence-electron chi connectivity index (χ1n) is 20.1. The third-order valence-corrected chi connectivity index (χ3v) is 12.7. The Hall–Kier alpha value is -7.73. The van der Waals surface area contributed by atoms with Gasteiger partial charge in [-0.15, -0.1) is 11.3 Å². The van der Waals surface area contributed by atoms with E-state index in [9.17, 15) is 0 Å². The Morgan fingerprint density at radius 2 is 0.933 bits per heavy atom. The van der Waals surface area contributed by atoms with Crippen LogP contribution in [-0.2, 0) is 0 Å². The third kappa shape index (κ3) is 5.86. The van der Waals surface area contributed by atoms with E-state index in [2.05, 4.69) is 158 Å². The lowest BCUT2D eigenvalue weighted by Gasteiger charge is -2.12. The summed E-state index contributed by atoms with van der Waals surface area (Å²) >= 11 is 1.81. The standard InChI is InChI=1S/C55H33N3OS/c1-3-13-34(14-4-1)36-17-11-18-37(29-36)38-25-27-43-48(32-38)56-53(54-52(43)44-22-8-10-24-51(44)60-54)41-20-12-19-39(30-41)46-33-47(58-55(57-46)35-15-5-2-6-16-35)40-26-28-50-45(31-40)42-21-7-9-23-49(42)59-50/h1-33H. The van der Waals surface area contributed by atoms with Crippen LogP contribution >= 0.6 is 11.3 Å². The summed E-state index contributed by atoms with van der Waals surface area (Å²) in [6.45, 7) is 0. The molecule has 0 atom stereocenters. The van der Waals surface area contributed by atoms with Gasteiger partial charge in [0.05, 0.1) is 27.3 Å². The molecule has 4 heterocycles. The largest absolute Gasteiger partial charge is 0.456 e. The molecule has 0 radical (unpaired) electrons. The first-order chi connectivity index (χ1) is 29.7. The molecular formula is C55H33N3OS. The number of hydrogen-bond donors (Lipinski definition) is 0. The number of para-hydroxylation sites is 1. The Labute approximate surface area is 349 Å². The van der Waals surface area contributed by atoms with Crippen molar-refractivity contribution in [1.29, 1.82) is 0 Å². The highest BCUT2D eigenvalue weighted by atomic mass is 32.1. The molecule has 0 saturated heterocycles. The summed E-state index contributed by atoms with van der Waals surface area (Å²) in [6.07, 6.45) is 0. The lowest BCUT2D eigenvalue weighted by atomic mass is 9.96. The molecule has 0 bridgehead atoms. The molecule has 0 unspecified atom stereocenters. The lowest BCUT2D eigenvalue weighted by Crippen LogP contribution is -1.96. The maximum Gasteiger partial charge on any atom is 0.160 e. The van der Waals surface area contributed by atoms with Gasteiger partial charge >= 0.3 is 0 Å². The molecule has 0 saturated carbocycles. The minimum Gasteiger partial charge on any atom is -0.456 e. The Bertz CT molecular complexity index is 3610. The summed E-state index contributed by atoms with van der Waals surface area (Å²) in [5.41, 5.74) is 14.0. The number of rotatable bonds is 6. The van der Waals surface area contributed by atoms with Crippen molar-refractivity contribution in [2.45, 2.75) is 0 Å². The van der Waals surface area contributed by atoms with Crippen LogP contribution in [0.1, 0.15) is 0 Å². The maximum absolute atomic E-state index is 6.17. The third-order valence-electron chi connectivity index (χ3n) is 11.5. The lowest BCUT2D eigenvalue weighted by molar-refractivity contribution is 0.669. The zero-order valence-corrected chi connectivity index (χ0v) is 33.0. The van der Waals surface area contributed by atoms with Gasteiger partial charge in [-0.05, 0) is 76.9 Å². The number of hydrogen-bond acceptors (Lipinski definition) is 5. The van der Waals surface area contributed by atoms with Gasteiger partial charge in [0.25, 0.3) is 0 Å². The highest BCUT2D eigenvalue weighted by Crippen LogP contribution is 2.44. The van der Waals surface area contributed by atoms with Crippen LogP contribution in [0.4, 0.5) is 0 Å². The second kappa shape index (κ2) is 14.0. The van der Waals surface area contributed by atoms with E-state index >= 15 is 0 Å². The number of benzene rings is 8. The second-order valence-corrected chi connectivity index (χ2v) is 16.2. The first-order valence-corrected chi connectivity index (χ1v) is 20.9. The van der Waals surface area contributed by atoms with Crippen LogP contribution in [0.2, 0.25) is 0 Å². The average molecular weight is 784 g/mol. The average Bonchev–Trinajstić information content (AvgIpc) is 3.90. The van der Waals surface area contributed by atoms with Gasteiger partial charge in [0.1, 0.15) is 11.2 Å². The van der Waals surface area contributed by atoms with Crippen molar-refractivity contribution in [2.75, 3.05) is 0 Å². The Morgan fingerprint density at radius 1 is 0.350 bits per heavy atom. The predicted octanol–water partition coefficient (Wildman–Crippen LogP) is 15.3. The predicted molar refractivity (Wildman–Crippen MR) is 250 cm³/mol. The van der Waals surface area contributed by atoms with E-state index in [-0.39, 0.29) is 0 Å². The van der Waals surface area contributed by atoms with Crippen molar-refractivity contribution >= 4 is 64.4 Å². The fourth-order valence-electron chi connectivity index (χ4n) is 8.54. The topological polar surface area (TPSA) is 51.8 Å². The fraction of sp³-hybridized carbons (Fsp3) is 0. The highest BCUT2D eigenvalue weighted by molar-refractivity contribution is 7.26. The van der Waals surface area contributed by atoms with Crippen molar-refractivity contribution in [3.05, 3.63) is 200 Å². The molecule has 8 aromatic carbocycles. The molecule has 12 rings (SSSR count). The van der Waals surface area contributed by atoms with Gasteiger partial charge in [-0.3, -0.25) is 0 Å². The monoisotopic (exact) mass is 783 g/mol. The minimum atomic E-state index is 0.672. The highest BCUT2D eigenvalue weighted by Gasteiger charge is 2.19. The van der Waals surface area contributed by atoms with Gasteiger partial charge < -0.3 is 4.42 Å². The number of fused-ring (bicyclic) bond motifs is 8. The molecule has 0 N–H and O–H groups in total. The van der Waals surface area contributed by atoms with Crippen LogP contribution in [0.3, 0.4) is 0 Å². The van der Waals surface area contributed by atoms with Crippen LogP contribution < -0.4 is 0 Å². The Balaban J connectivity index is 1.03. The van der Waals surface area contributed by atoms with Gasteiger partial charge in [-0.2, -0.15) is 0 Å². The number of aromatic nitrogens is 3. The molecule has 4 nitrogen and oxygen atoms in total. The smallest absolute Gasteiger partial charge is 0.160 e. The molecule has 12 aromatic rings. The zero-order chi connectivity index (χ0) is 39.6. The summed E-state index contributed by atoms with van der Waals surface area (Å²) in [4.78, 5) is 15.9. The van der Waals surface area contributed by atoms with Crippen LogP contribution in [0.25, 0.3) is 120 Å². The van der Waals surface area contributed by atoms with E-state index in [0.717, 1.165) is 83.3 Å². The van der Waals surface area contributed by atoms with E-state index < -0.39 is 0 Å². The van der Waals surface area contributed by atoms with Crippen molar-refractivity contribution in [2.24, 2.45) is 0 Å². The van der Waals surface area contributed by atoms with Gasteiger partial charge in [-0.25, -0.2) is 15.0 Å². The molecule has 280 valence electrons. The minimum absolute atomic E-state index is 0.672. The summed E-state index contributed by atoms with van der Waals surface area (Å²) < 4.78 is 8.59. The van der Waals surface area contributed by atoms with Crippen LogP contribution in [0.5, 0.6) is 0 Å². The molecule has 0 spiro atoms. The second-order valence-electron chi connectivity index (χ2n) is 15.2. The maximum atomic E-state index is 6.17. The number of furan rings is 1. The fourth-order valence-corrected chi connectivity index (χ4v) is 9.77. The van der Waals surface area contributed by atoms with E-state index in [1.54, 1.807) is 11.3 Å². The number of nitrogens with zero attached hydrogens (tertiary/aromatic N) is 3. The summed E-state index contributed by atoms with van der Waals surface area (Å²) in [6, 6.07) is 70.2. The van der Waals surface area contributed by atoms with Crippen molar-refractivity contribution < 1.29 is 4.42 Å². The molecule has 0 amide bonds. The molecule has 60 heavy (non-hydrogen) atoms. The van der Waals surface area contributed by atoms with E-state index in [0.29, 0.717) is 5.82 Å². The first kappa shape index (κ1) is 34.3. The molecule has 0 aliphatic carbocycles. The molecule has 0 aliphatic heterocycles. The molecular weight excluding hydrogens is 751 g/mol. The Morgan fingerprint density at radius 3 is 1.75 bits per heavy atom.